The van der Waals surface area contributed by atoms with Crippen molar-refractivity contribution in [3.05, 3.63) is 29.8 Å². The highest BCUT2D eigenvalue weighted by Gasteiger charge is 2.25. The Morgan fingerprint density at radius 3 is 2.82 bits per heavy atom. The highest BCUT2D eigenvalue weighted by molar-refractivity contribution is 5.61. The molecule has 0 atom stereocenters. The van der Waals surface area contributed by atoms with Crippen molar-refractivity contribution in [1.82, 2.24) is 10.1 Å². The van der Waals surface area contributed by atoms with E-state index in [4.69, 9.17) is 4.52 Å². The maximum absolute atomic E-state index is 12.8. The monoisotopic (exact) mass is 234 g/mol. The molecule has 0 amide bonds. The Kier molecular flexibility index (Phi) is 2.31. The lowest BCUT2D eigenvalue weighted by Gasteiger charge is -2.20. The fourth-order valence-corrected chi connectivity index (χ4v) is 1.86. The number of hydrogen-bond acceptors (Lipinski definition) is 4. The van der Waals surface area contributed by atoms with Crippen molar-refractivity contribution in [2.24, 2.45) is 0 Å². The second-order valence-electron chi connectivity index (χ2n) is 4.25. The van der Waals surface area contributed by atoms with Crippen molar-refractivity contribution >= 4 is 0 Å². The molecule has 4 nitrogen and oxygen atoms in total. The summed E-state index contributed by atoms with van der Waals surface area (Å²) in [6.45, 7) is 0. The third-order valence-electron chi connectivity index (χ3n) is 3.10. The van der Waals surface area contributed by atoms with E-state index in [-0.39, 0.29) is 11.6 Å². The average Bonchev–Trinajstić information content (AvgIpc) is 2.64. The summed E-state index contributed by atoms with van der Waals surface area (Å²) in [5, 5.41) is 13.5. The lowest BCUT2D eigenvalue weighted by molar-refractivity contribution is 0.365. The zero-order chi connectivity index (χ0) is 11.8. The first-order valence-corrected chi connectivity index (χ1v) is 5.56. The zero-order valence-corrected chi connectivity index (χ0v) is 9.06. The molecule has 1 N–H and O–H groups in total. The van der Waals surface area contributed by atoms with Gasteiger partial charge in [-0.25, -0.2) is 4.39 Å². The largest absolute Gasteiger partial charge is 0.507 e. The lowest BCUT2D eigenvalue weighted by atomic mass is 9.85. The lowest BCUT2D eigenvalue weighted by Crippen LogP contribution is -2.10. The summed E-state index contributed by atoms with van der Waals surface area (Å²) >= 11 is 0. The molecule has 0 aliphatic heterocycles. The minimum absolute atomic E-state index is 0.186. The fourth-order valence-electron chi connectivity index (χ4n) is 1.86. The second kappa shape index (κ2) is 3.84. The topological polar surface area (TPSA) is 59.2 Å². The summed E-state index contributed by atoms with van der Waals surface area (Å²) in [5.41, 5.74) is 0.365. The van der Waals surface area contributed by atoms with Crippen LogP contribution in [0.2, 0.25) is 0 Å². The van der Waals surface area contributed by atoms with E-state index in [9.17, 15) is 9.50 Å². The van der Waals surface area contributed by atoms with Crippen LogP contribution in [-0.2, 0) is 0 Å². The summed E-state index contributed by atoms with van der Waals surface area (Å²) in [7, 11) is 0. The van der Waals surface area contributed by atoms with Gasteiger partial charge in [-0.05, 0) is 25.0 Å². The van der Waals surface area contributed by atoms with Crippen molar-refractivity contribution in [3.63, 3.8) is 0 Å². The van der Waals surface area contributed by atoms with Crippen LogP contribution in [0, 0.1) is 5.82 Å². The van der Waals surface area contributed by atoms with Crippen LogP contribution in [0.4, 0.5) is 4.39 Å². The molecule has 0 bridgehead atoms. The van der Waals surface area contributed by atoms with Crippen LogP contribution < -0.4 is 0 Å². The Balaban J connectivity index is 1.94. The fraction of sp³-hybridized carbons (Fsp3) is 0.333. The number of aromatic nitrogens is 2. The first-order valence-electron chi connectivity index (χ1n) is 5.56. The number of hydrogen-bond donors (Lipinski definition) is 1. The van der Waals surface area contributed by atoms with E-state index >= 15 is 0 Å². The summed E-state index contributed by atoms with van der Waals surface area (Å²) in [5.74, 6) is 0.605. The predicted molar refractivity (Wildman–Crippen MR) is 57.9 cm³/mol. The van der Waals surface area contributed by atoms with E-state index in [1.54, 1.807) is 0 Å². The Bertz CT molecular complexity index is 549. The molecule has 1 aromatic heterocycles. The molecule has 1 heterocycles. The van der Waals surface area contributed by atoms with Crippen molar-refractivity contribution in [1.29, 1.82) is 0 Å². The van der Waals surface area contributed by atoms with E-state index in [0.717, 1.165) is 18.9 Å². The zero-order valence-electron chi connectivity index (χ0n) is 9.06. The summed E-state index contributed by atoms with van der Waals surface area (Å²) < 4.78 is 17.9. The third-order valence-corrected chi connectivity index (χ3v) is 3.10. The Labute approximate surface area is 97.1 Å². The van der Waals surface area contributed by atoms with Crippen LogP contribution in [0.15, 0.2) is 22.7 Å². The number of phenolic OH excluding ortho intramolecular Hbond substituents is 1. The molecule has 1 fully saturated rings. The van der Waals surface area contributed by atoms with Gasteiger partial charge in [0.1, 0.15) is 11.6 Å². The molecular formula is C12H11FN2O2. The predicted octanol–water partition coefficient (Wildman–Crippen LogP) is 2.85. The number of benzene rings is 1. The molecule has 1 saturated carbocycles. The molecule has 0 saturated heterocycles. The average molecular weight is 234 g/mol. The highest BCUT2D eigenvalue weighted by Crippen LogP contribution is 2.36. The Morgan fingerprint density at radius 1 is 1.35 bits per heavy atom. The number of halogens is 1. The minimum atomic E-state index is -0.495. The molecule has 0 spiro atoms. The quantitative estimate of drug-likeness (QED) is 0.867. The Morgan fingerprint density at radius 2 is 2.18 bits per heavy atom. The van der Waals surface area contributed by atoms with Crippen LogP contribution in [0.25, 0.3) is 11.5 Å². The number of nitrogens with zero attached hydrogens (tertiary/aromatic N) is 2. The maximum atomic E-state index is 12.8. The van der Waals surface area contributed by atoms with Crippen LogP contribution in [-0.4, -0.2) is 15.2 Å². The molecule has 5 heteroatoms. The van der Waals surface area contributed by atoms with Crippen molar-refractivity contribution in [2.75, 3.05) is 0 Å². The molecule has 17 heavy (non-hydrogen) atoms. The molecule has 3 rings (SSSR count). The van der Waals surface area contributed by atoms with Crippen LogP contribution in [0.3, 0.4) is 0 Å². The van der Waals surface area contributed by atoms with Gasteiger partial charge in [0.05, 0.1) is 5.56 Å². The normalized spacial score (nSPS) is 15.8. The molecule has 88 valence electrons. The standard InChI is InChI=1S/C12H11FN2O2/c13-8-4-5-9(10(16)6-8)12-14-11(15-17-12)7-2-1-3-7/h4-7,16H,1-3H2. The van der Waals surface area contributed by atoms with Crippen LogP contribution in [0.1, 0.15) is 31.0 Å². The van der Waals surface area contributed by atoms with Gasteiger partial charge in [0.15, 0.2) is 5.82 Å². The van der Waals surface area contributed by atoms with E-state index < -0.39 is 5.82 Å². The van der Waals surface area contributed by atoms with Gasteiger partial charge in [0.25, 0.3) is 5.89 Å². The van der Waals surface area contributed by atoms with Crippen molar-refractivity contribution in [2.45, 2.75) is 25.2 Å². The first-order chi connectivity index (χ1) is 8.24. The van der Waals surface area contributed by atoms with Gasteiger partial charge in [0.2, 0.25) is 0 Å². The van der Waals surface area contributed by atoms with E-state index in [1.165, 1.54) is 18.6 Å². The van der Waals surface area contributed by atoms with Gasteiger partial charge >= 0.3 is 0 Å². The summed E-state index contributed by atoms with van der Waals surface area (Å²) in [4.78, 5) is 4.23. The van der Waals surface area contributed by atoms with E-state index in [2.05, 4.69) is 10.1 Å². The molecule has 0 radical (unpaired) electrons. The highest BCUT2D eigenvalue weighted by atomic mass is 19.1. The van der Waals surface area contributed by atoms with Gasteiger partial charge in [-0.15, -0.1) is 0 Å². The van der Waals surface area contributed by atoms with E-state index in [0.29, 0.717) is 17.3 Å². The number of rotatable bonds is 2. The van der Waals surface area contributed by atoms with Crippen molar-refractivity contribution in [3.8, 4) is 17.2 Å². The van der Waals surface area contributed by atoms with Crippen LogP contribution in [0.5, 0.6) is 5.75 Å². The van der Waals surface area contributed by atoms with Gasteiger partial charge in [-0.1, -0.05) is 11.6 Å². The molecule has 1 aromatic carbocycles. The first kappa shape index (κ1) is 10.3. The molecule has 1 aliphatic rings. The third kappa shape index (κ3) is 1.77. The summed E-state index contributed by atoms with van der Waals surface area (Å²) in [6, 6.07) is 3.72. The SMILES string of the molecule is Oc1cc(F)ccc1-c1nc(C2CCC2)no1. The van der Waals surface area contributed by atoms with Crippen LogP contribution >= 0.6 is 0 Å². The van der Waals surface area contributed by atoms with Gasteiger partial charge in [0, 0.05) is 12.0 Å². The number of phenols is 1. The second-order valence-corrected chi connectivity index (χ2v) is 4.25. The molecule has 2 aromatic rings. The van der Waals surface area contributed by atoms with E-state index in [1.807, 2.05) is 0 Å². The minimum Gasteiger partial charge on any atom is -0.507 e. The Hall–Kier alpha value is -1.91. The molecular weight excluding hydrogens is 223 g/mol. The summed E-state index contributed by atoms with van der Waals surface area (Å²) in [6.07, 6.45) is 3.35. The van der Waals surface area contributed by atoms with Crippen molar-refractivity contribution < 1.29 is 14.0 Å². The smallest absolute Gasteiger partial charge is 0.261 e. The molecule has 0 unspecified atom stereocenters. The molecule has 1 aliphatic carbocycles. The van der Waals surface area contributed by atoms with Gasteiger partial charge < -0.3 is 9.63 Å². The number of aromatic hydroxyl groups is 1. The maximum Gasteiger partial charge on any atom is 0.261 e. The van der Waals surface area contributed by atoms with Gasteiger partial charge in [-0.2, -0.15) is 4.98 Å². The van der Waals surface area contributed by atoms with Gasteiger partial charge in [-0.3, -0.25) is 0 Å².